The van der Waals surface area contributed by atoms with Crippen LogP contribution in [0.3, 0.4) is 0 Å². The van der Waals surface area contributed by atoms with Gasteiger partial charge in [0.25, 0.3) is 10.1 Å². The van der Waals surface area contributed by atoms with Crippen molar-refractivity contribution in [3.63, 3.8) is 0 Å². The zero-order chi connectivity index (χ0) is 16.9. The van der Waals surface area contributed by atoms with Gasteiger partial charge in [0.05, 0.1) is 16.8 Å². The molecule has 0 saturated heterocycles. The Balaban J connectivity index is 0.00000208. The van der Waals surface area contributed by atoms with Crippen LogP contribution in [0.4, 0.5) is 11.4 Å². The van der Waals surface area contributed by atoms with Crippen LogP contribution in [0.1, 0.15) is 31.8 Å². The number of anilines is 2. The number of rotatable bonds is 2. The fourth-order valence-corrected chi connectivity index (χ4v) is 3.35. The van der Waals surface area contributed by atoms with Crippen molar-refractivity contribution in [1.82, 2.24) is 0 Å². The summed E-state index contributed by atoms with van der Waals surface area (Å²) in [5, 5.41) is 2.67. The maximum atomic E-state index is 12.7. The summed E-state index contributed by atoms with van der Waals surface area (Å²) in [6.07, 6.45) is 0. The number of benzene rings is 2. The minimum atomic E-state index is -4.65. The Kier molecular flexibility index (Phi) is 4.89. The maximum absolute atomic E-state index is 12.7. The molecule has 7 nitrogen and oxygen atoms in total. The van der Waals surface area contributed by atoms with Crippen LogP contribution in [-0.4, -0.2) is 61.1 Å². The average molecular weight is 356 g/mol. The summed E-state index contributed by atoms with van der Waals surface area (Å²) < 4.78 is 32.3. The number of nitrogens with two attached hydrogens (primary N) is 1. The van der Waals surface area contributed by atoms with Crippen LogP contribution in [0.25, 0.3) is 0 Å². The first-order chi connectivity index (χ1) is 10.8. The van der Waals surface area contributed by atoms with Crippen molar-refractivity contribution in [3.05, 3.63) is 52.6 Å². The van der Waals surface area contributed by atoms with Gasteiger partial charge in [-0.15, -0.1) is 0 Å². The average Bonchev–Trinajstić information content (AvgIpc) is 2.51. The van der Waals surface area contributed by atoms with E-state index in [0.717, 1.165) is 6.07 Å². The van der Waals surface area contributed by atoms with Gasteiger partial charge >= 0.3 is 29.6 Å². The standard InChI is InChI=1S/C15H12N2O5S.Na.H/c1-17-9-6-10(23(20,21)22)13(16)12-11(9)14(18)7-4-2-3-5-8(7)15(12)19;;/h2-6,17H,16H2,1H3,(H,20,21,22);;. The summed E-state index contributed by atoms with van der Waals surface area (Å²) >= 11 is 0. The molecule has 3 rings (SSSR count). The molecule has 24 heavy (non-hydrogen) atoms. The number of carbonyl (C=O) groups is 2. The molecule has 0 aromatic heterocycles. The Morgan fingerprint density at radius 2 is 1.54 bits per heavy atom. The van der Waals surface area contributed by atoms with Gasteiger partial charge in [0.1, 0.15) is 4.90 Å². The summed E-state index contributed by atoms with van der Waals surface area (Å²) in [7, 11) is -3.18. The van der Waals surface area contributed by atoms with Crippen LogP contribution >= 0.6 is 0 Å². The molecule has 1 aliphatic rings. The number of hydrogen-bond acceptors (Lipinski definition) is 6. The Labute approximate surface area is 160 Å². The molecule has 0 heterocycles. The van der Waals surface area contributed by atoms with Gasteiger partial charge in [-0.3, -0.25) is 14.1 Å². The zero-order valence-electron chi connectivity index (χ0n) is 12.0. The minimum absolute atomic E-state index is 0. The van der Waals surface area contributed by atoms with Gasteiger partial charge in [-0.05, 0) is 6.07 Å². The molecule has 0 amide bonds. The molecule has 0 fully saturated rings. The van der Waals surface area contributed by atoms with E-state index < -0.39 is 32.3 Å². The van der Waals surface area contributed by atoms with Crippen LogP contribution in [0, 0.1) is 0 Å². The number of nitrogen functional groups attached to an aromatic ring is 1. The third-order valence-electron chi connectivity index (χ3n) is 3.75. The van der Waals surface area contributed by atoms with Gasteiger partial charge in [0, 0.05) is 23.9 Å². The van der Waals surface area contributed by atoms with Gasteiger partial charge in [0.2, 0.25) is 0 Å². The summed E-state index contributed by atoms with van der Waals surface area (Å²) in [5.41, 5.74) is 5.61. The summed E-state index contributed by atoms with van der Waals surface area (Å²) in [4.78, 5) is 24.8. The van der Waals surface area contributed by atoms with Gasteiger partial charge in [-0.25, -0.2) is 0 Å². The molecule has 0 saturated carbocycles. The molecule has 0 spiro atoms. The van der Waals surface area contributed by atoms with Crippen LogP contribution in [0.15, 0.2) is 35.2 Å². The Morgan fingerprint density at radius 1 is 1.04 bits per heavy atom. The van der Waals surface area contributed by atoms with E-state index >= 15 is 0 Å². The fourth-order valence-electron chi connectivity index (χ4n) is 2.70. The van der Waals surface area contributed by atoms with E-state index in [-0.39, 0.29) is 57.5 Å². The molecule has 0 radical (unpaired) electrons. The predicted octanol–water partition coefficient (Wildman–Crippen LogP) is 0.684. The first-order valence-corrected chi connectivity index (χ1v) is 8.01. The Hall–Kier alpha value is -1.71. The molecule has 2 aromatic carbocycles. The van der Waals surface area contributed by atoms with E-state index in [0.29, 0.717) is 0 Å². The number of ketones is 2. The summed E-state index contributed by atoms with van der Waals surface area (Å²) in [6, 6.07) is 7.26. The Bertz CT molecular complexity index is 986. The van der Waals surface area contributed by atoms with E-state index in [1.165, 1.54) is 19.2 Å². The third kappa shape index (κ3) is 2.66. The molecule has 120 valence electrons. The van der Waals surface area contributed by atoms with Crippen molar-refractivity contribution < 1.29 is 22.6 Å². The number of carbonyl (C=O) groups excluding carboxylic acids is 2. The quantitative estimate of drug-likeness (QED) is 0.350. The normalized spacial score (nSPS) is 12.9. The molecular formula is C15H13N2NaO5S. The molecule has 0 bridgehead atoms. The molecule has 0 aliphatic heterocycles. The Morgan fingerprint density at radius 3 is 2.00 bits per heavy atom. The summed E-state index contributed by atoms with van der Waals surface area (Å²) in [5.74, 6) is -0.997. The van der Waals surface area contributed by atoms with Gasteiger partial charge in [-0.1, -0.05) is 24.3 Å². The first kappa shape index (κ1) is 18.6. The molecule has 0 atom stereocenters. The topological polar surface area (TPSA) is 127 Å². The van der Waals surface area contributed by atoms with Crippen molar-refractivity contribution in [1.29, 1.82) is 0 Å². The van der Waals surface area contributed by atoms with Crippen LogP contribution in [-0.2, 0) is 10.1 Å². The second-order valence-electron chi connectivity index (χ2n) is 5.01. The predicted molar refractivity (Wildman–Crippen MR) is 90.7 cm³/mol. The zero-order valence-corrected chi connectivity index (χ0v) is 12.8. The van der Waals surface area contributed by atoms with Crippen molar-refractivity contribution in [2.24, 2.45) is 0 Å². The van der Waals surface area contributed by atoms with Gasteiger partial charge < -0.3 is 11.1 Å². The van der Waals surface area contributed by atoms with Crippen LogP contribution in [0.2, 0.25) is 0 Å². The van der Waals surface area contributed by atoms with Crippen LogP contribution < -0.4 is 11.1 Å². The molecule has 4 N–H and O–H groups in total. The molecular weight excluding hydrogens is 343 g/mol. The fraction of sp³-hybridized carbons (Fsp3) is 0.0667. The van der Waals surface area contributed by atoms with Gasteiger partial charge in [0.15, 0.2) is 11.6 Å². The van der Waals surface area contributed by atoms with E-state index in [9.17, 15) is 22.6 Å². The van der Waals surface area contributed by atoms with Crippen molar-refractivity contribution >= 4 is 62.6 Å². The van der Waals surface area contributed by atoms with E-state index in [1.54, 1.807) is 12.1 Å². The van der Waals surface area contributed by atoms with Crippen molar-refractivity contribution in [3.8, 4) is 0 Å². The number of hydrogen-bond donors (Lipinski definition) is 3. The van der Waals surface area contributed by atoms with Gasteiger partial charge in [-0.2, -0.15) is 8.42 Å². The molecule has 2 aromatic rings. The molecule has 0 unspecified atom stereocenters. The van der Waals surface area contributed by atoms with Crippen molar-refractivity contribution in [2.45, 2.75) is 4.90 Å². The van der Waals surface area contributed by atoms with Crippen molar-refractivity contribution in [2.75, 3.05) is 18.1 Å². The van der Waals surface area contributed by atoms with E-state index in [2.05, 4.69) is 5.32 Å². The number of nitrogens with one attached hydrogen (secondary N) is 1. The monoisotopic (exact) mass is 356 g/mol. The SMILES string of the molecule is CNc1cc(S(=O)(=O)O)c(N)c2c1C(=O)c1ccccc1C2=O.[NaH]. The van der Waals surface area contributed by atoms with E-state index in [1.807, 2.05) is 0 Å². The van der Waals surface area contributed by atoms with Crippen LogP contribution in [0.5, 0.6) is 0 Å². The van der Waals surface area contributed by atoms with E-state index in [4.69, 9.17) is 5.73 Å². The third-order valence-corrected chi connectivity index (χ3v) is 4.64. The molecule has 9 heteroatoms. The molecule has 1 aliphatic carbocycles. The second-order valence-corrected chi connectivity index (χ2v) is 6.40. The second kappa shape index (κ2) is 6.30. The first-order valence-electron chi connectivity index (χ1n) is 6.57. The summed E-state index contributed by atoms with van der Waals surface area (Å²) in [6.45, 7) is 0. The number of fused-ring (bicyclic) bond motifs is 2.